The molecule has 0 saturated carbocycles. The molecule has 2 N–H and O–H groups in total. The molecule has 204 valence electrons. The zero-order valence-electron chi connectivity index (χ0n) is 21.6. The Morgan fingerprint density at radius 1 is 1.03 bits per heavy atom. The summed E-state index contributed by atoms with van der Waals surface area (Å²) in [6, 6.07) is 24.5. The van der Waals surface area contributed by atoms with Crippen LogP contribution in [-0.2, 0) is 18.0 Å². The quantitative estimate of drug-likeness (QED) is 0.217. The van der Waals surface area contributed by atoms with E-state index in [1.807, 2.05) is 30.3 Å². The van der Waals surface area contributed by atoms with Crippen LogP contribution in [0.5, 0.6) is 0 Å². The van der Waals surface area contributed by atoms with Gasteiger partial charge in [0.15, 0.2) is 5.43 Å². The second-order valence-corrected chi connectivity index (χ2v) is 9.85. The Balaban J connectivity index is 1.54. The second kappa shape index (κ2) is 11.9. The molecule has 0 fully saturated rings. The van der Waals surface area contributed by atoms with Gasteiger partial charge in [0.1, 0.15) is 5.41 Å². The van der Waals surface area contributed by atoms with Crippen LogP contribution in [0.3, 0.4) is 0 Å². The highest BCUT2D eigenvalue weighted by atomic mass is 19.4. The second-order valence-electron chi connectivity index (χ2n) is 9.85. The van der Waals surface area contributed by atoms with Crippen LogP contribution < -0.4 is 10.9 Å². The van der Waals surface area contributed by atoms with Gasteiger partial charge in [-0.25, -0.2) is 0 Å². The molecule has 4 rings (SSSR count). The molecule has 4 aromatic rings. The first-order valence-corrected chi connectivity index (χ1v) is 12.6. The molecule has 0 aliphatic carbocycles. The highest BCUT2D eigenvalue weighted by molar-refractivity contribution is 5.78. The number of hydrogen-bond acceptors (Lipinski definition) is 4. The number of hydrogen-bond donors (Lipinski definition) is 2. The first kappa shape index (κ1) is 28.1. The Hall–Kier alpha value is -3.88. The maximum absolute atomic E-state index is 14.6. The fourth-order valence-corrected chi connectivity index (χ4v) is 4.77. The molecule has 0 aliphatic heterocycles. The summed E-state index contributed by atoms with van der Waals surface area (Å²) in [6.07, 6.45) is -3.70. The third kappa shape index (κ3) is 6.41. The summed E-state index contributed by atoms with van der Waals surface area (Å²) in [6.45, 7) is 4.40. The number of benzene rings is 3. The monoisotopic (exact) mass is 536 g/mol. The third-order valence-electron chi connectivity index (χ3n) is 7.04. The lowest BCUT2D eigenvalue weighted by Gasteiger charge is -2.37. The van der Waals surface area contributed by atoms with E-state index in [-0.39, 0.29) is 11.8 Å². The zero-order chi connectivity index (χ0) is 28.0. The van der Waals surface area contributed by atoms with Crippen LogP contribution in [0, 0.1) is 5.41 Å². The maximum Gasteiger partial charge on any atom is 0.398 e. The number of alkyl halides is 3. The highest BCUT2D eigenvalue weighted by Crippen LogP contribution is 2.46. The van der Waals surface area contributed by atoms with E-state index in [1.54, 1.807) is 55.5 Å². The molecule has 0 aliphatic rings. The van der Waals surface area contributed by atoms with Crippen molar-refractivity contribution >= 4 is 16.6 Å². The number of halogens is 3. The minimum atomic E-state index is -4.70. The number of rotatable bonds is 11. The first-order chi connectivity index (χ1) is 18.6. The average Bonchev–Trinajstić information content (AvgIpc) is 2.94. The number of nitrogens with zero attached hydrogens (tertiary/aromatic N) is 1. The van der Waals surface area contributed by atoms with Gasteiger partial charge in [0.05, 0.1) is 24.4 Å². The summed E-state index contributed by atoms with van der Waals surface area (Å²) >= 11 is 0. The average molecular weight is 537 g/mol. The molecule has 3 aromatic carbocycles. The minimum absolute atomic E-state index is 0.268. The lowest BCUT2D eigenvalue weighted by molar-refractivity contribution is -0.244. The van der Waals surface area contributed by atoms with Crippen molar-refractivity contribution < 1.29 is 23.1 Å². The van der Waals surface area contributed by atoms with Gasteiger partial charge in [-0.1, -0.05) is 74.2 Å². The summed E-state index contributed by atoms with van der Waals surface area (Å²) < 4.78 is 45.3. The van der Waals surface area contributed by atoms with E-state index >= 15 is 0 Å². The Morgan fingerprint density at radius 2 is 1.74 bits per heavy atom. The number of pyridine rings is 1. The van der Waals surface area contributed by atoms with E-state index in [1.165, 1.54) is 16.8 Å². The smallest absolute Gasteiger partial charge is 0.395 e. The van der Waals surface area contributed by atoms with Crippen molar-refractivity contribution in [1.29, 1.82) is 0 Å². The molecule has 1 heterocycles. The molecule has 0 amide bonds. The summed E-state index contributed by atoms with van der Waals surface area (Å²) in [4.78, 5) is 17.8. The number of fused-ring (bicyclic) bond motifs is 1. The lowest BCUT2D eigenvalue weighted by atomic mass is 9.77. The molecule has 0 bridgehead atoms. The molecule has 8 heteroatoms. The van der Waals surface area contributed by atoms with E-state index in [9.17, 15) is 23.1 Å². The SMILES string of the molecule is C=C(NOCc1ccccc1)c1cccc(C(C)CC(CO)(Cn2ccc(=O)c3ccccc32)C(F)(F)F)c1. The predicted molar refractivity (Wildman–Crippen MR) is 147 cm³/mol. The number of nitrogens with one attached hydrogen (secondary N) is 1. The fraction of sp³-hybridized carbons (Fsp3) is 0.258. The lowest BCUT2D eigenvalue weighted by Crippen LogP contribution is -2.46. The van der Waals surface area contributed by atoms with Gasteiger partial charge in [0, 0.05) is 24.2 Å². The highest BCUT2D eigenvalue weighted by Gasteiger charge is 2.55. The van der Waals surface area contributed by atoms with Crippen LogP contribution in [0.1, 0.15) is 36.0 Å². The fourth-order valence-electron chi connectivity index (χ4n) is 4.77. The first-order valence-electron chi connectivity index (χ1n) is 12.6. The van der Waals surface area contributed by atoms with E-state index in [2.05, 4.69) is 12.1 Å². The molecule has 39 heavy (non-hydrogen) atoms. The van der Waals surface area contributed by atoms with Gasteiger partial charge in [-0.3, -0.25) is 15.1 Å². The third-order valence-corrected chi connectivity index (χ3v) is 7.04. The van der Waals surface area contributed by atoms with Crippen molar-refractivity contribution in [2.45, 2.75) is 38.6 Å². The standard InChI is InChI=1S/C31H31F3N2O3/c1-22(25-11-8-12-26(17-25)23(2)35-39-19-24-9-4-3-5-10-24)18-30(21-37,31(32,33)34)20-36-16-15-29(38)27-13-6-7-14-28(27)36/h3-17,22,35,37H,2,18-21H2,1H3. The maximum atomic E-state index is 14.6. The number of aliphatic hydroxyl groups excluding tert-OH is 1. The predicted octanol–water partition coefficient (Wildman–Crippen LogP) is 6.43. The minimum Gasteiger partial charge on any atom is -0.395 e. The van der Waals surface area contributed by atoms with E-state index in [0.717, 1.165) is 5.56 Å². The van der Waals surface area contributed by atoms with Crippen LogP contribution in [0.2, 0.25) is 0 Å². The van der Waals surface area contributed by atoms with Crippen molar-refractivity contribution in [3.05, 3.63) is 125 Å². The molecule has 0 saturated heterocycles. The van der Waals surface area contributed by atoms with Crippen LogP contribution in [-0.4, -0.2) is 22.5 Å². The molecule has 2 unspecified atom stereocenters. The van der Waals surface area contributed by atoms with Gasteiger partial charge < -0.3 is 9.67 Å². The van der Waals surface area contributed by atoms with Gasteiger partial charge in [-0.2, -0.15) is 13.2 Å². The number of aromatic nitrogens is 1. The Labute approximate surface area is 225 Å². The van der Waals surface area contributed by atoms with Crippen molar-refractivity contribution in [1.82, 2.24) is 10.0 Å². The molecule has 5 nitrogen and oxygen atoms in total. The van der Waals surface area contributed by atoms with Crippen molar-refractivity contribution in [2.75, 3.05) is 6.61 Å². The van der Waals surface area contributed by atoms with Gasteiger partial charge in [-0.05, 0) is 47.2 Å². The molecular weight excluding hydrogens is 505 g/mol. The molecule has 0 radical (unpaired) electrons. The Morgan fingerprint density at radius 3 is 2.46 bits per heavy atom. The van der Waals surface area contributed by atoms with Crippen molar-refractivity contribution in [2.24, 2.45) is 5.41 Å². The topological polar surface area (TPSA) is 63.5 Å². The van der Waals surface area contributed by atoms with Gasteiger partial charge in [0.25, 0.3) is 0 Å². The Kier molecular flexibility index (Phi) is 8.57. The van der Waals surface area contributed by atoms with E-state index in [4.69, 9.17) is 4.84 Å². The van der Waals surface area contributed by atoms with Crippen LogP contribution in [0.15, 0.2) is 102 Å². The Bertz CT molecular complexity index is 1480. The number of para-hydroxylation sites is 1. The van der Waals surface area contributed by atoms with E-state index in [0.29, 0.717) is 34.3 Å². The van der Waals surface area contributed by atoms with Crippen molar-refractivity contribution in [3.8, 4) is 0 Å². The van der Waals surface area contributed by atoms with Crippen molar-refractivity contribution in [3.63, 3.8) is 0 Å². The van der Waals surface area contributed by atoms with Crippen LogP contribution in [0.4, 0.5) is 13.2 Å². The summed E-state index contributed by atoms with van der Waals surface area (Å²) in [5.41, 5.74) is 3.30. The van der Waals surface area contributed by atoms with Crippen LogP contribution >= 0.6 is 0 Å². The van der Waals surface area contributed by atoms with Crippen LogP contribution in [0.25, 0.3) is 16.6 Å². The molecular formula is C31H31F3N2O3. The zero-order valence-corrected chi connectivity index (χ0v) is 21.6. The largest absolute Gasteiger partial charge is 0.398 e. The summed E-state index contributed by atoms with van der Waals surface area (Å²) in [5.74, 6) is -0.553. The van der Waals surface area contributed by atoms with Gasteiger partial charge in [-0.15, -0.1) is 0 Å². The van der Waals surface area contributed by atoms with Gasteiger partial charge >= 0.3 is 6.18 Å². The number of aliphatic hydroxyl groups is 1. The van der Waals surface area contributed by atoms with Gasteiger partial charge in [0.2, 0.25) is 0 Å². The van der Waals surface area contributed by atoms with E-state index < -0.39 is 30.7 Å². The normalized spacial score (nSPS) is 14.1. The summed E-state index contributed by atoms with van der Waals surface area (Å²) in [5, 5.41) is 10.5. The number of hydroxylamine groups is 1. The molecule has 2 atom stereocenters. The summed E-state index contributed by atoms with van der Waals surface area (Å²) in [7, 11) is 0. The molecule has 1 aromatic heterocycles. The molecule has 0 spiro atoms.